The van der Waals surface area contributed by atoms with Crippen LogP contribution in [0.1, 0.15) is 42.4 Å². The topological polar surface area (TPSA) is 57.8 Å². The molecule has 1 aromatic carbocycles. The van der Waals surface area contributed by atoms with Crippen molar-refractivity contribution in [2.75, 3.05) is 11.6 Å². The molecule has 0 aliphatic heterocycles. The van der Waals surface area contributed by atoms with E-state index in [1.54, 1.807) is 11.8 Å². The molecule has 21 heavy (non-hydrogen) atoms. The Balaban J connectivity index is 2.11. The van der Waals surface area contributed by atoms with Crippen molar-refractivity contribution in [3.63, 3.8) is 0 Å². The highest BCUT2D eigenvalue weighted by Gasteiger charge is 2.17. The van der Waals surface area contributed by atoms with E-state index < -0.39 is 0 Å². The van der Waals surface area contributed by atoms with Crippen LogP contribution in [0.25, 0.3) is 0 Å². The molecule has 112 valence electrons. The van der Waals surface area contributed by atoms with Gasteiger partial charge in [0.2, 0.25) is 0 Å². The summed E-state index contributed by atoms with van der Waals surface area (Å²) in [6.45, 7) is 6.29. The van der Waals surface area contributed by atoms with Crippen molar-refractivity contribution in [3.05, 3.63) is 47.2 Å². The van der Waals surface area contributed by atoms with Crippen molar-refractivity contribution in [2.24, 2.45) is 0 Å². The summed E-state index contributed by atoms with van der Waals surface area (Å²) in [5, 5.41) is 9.94. The van der Waals surface area contributed by atoms with Crippen LogP contribution in [0.4, 0.5) is 5.82 Å². The minimum Gasteiger partial charge on any atom is -0.305 e. The molecule has 1 aromatic heterocycles. The molecule has 0 radical (unpaired) electrons. The van der Waals surface area contributed by atoms with Gasteiger partial charge in [-0.1, -0.05) is 32.9 Å². The third-order valence-corrected chi connectivity index (χ3v) is 3.75. The van der Waals surface area contributed by atoms with E-state index in [9.17, 15) is 4.79 Å². The summed E-state index contributed by atoms with van der Waals surface area (Å²) in [6.07, 6.45) is 2.05. The van der Waals surface area contributed by atoms with E-state index in [4.69, 9.17) is 0 Å². The number of aromatic amines is 1. The number of nitrogens with zero attached hydrogens (tertiary/aromatic N) is 1. The number of carbonyl (C=O) groups excluding carboxylic acids is 1. The lowest BCUT2D eigenvalue weighted by molar-refractivity contribution is 0.102. The average Bonchev–Trinajstić information content (AvgIpc) is 2.88. The van der Waals surface area contributed by atoms with Crippen LogP contribution >= 0.6 is 11.8 Å². The molecule has 0 aliphatic carbocycles. The highest BCUT2D eigenvalue weighted by Crippen LogP contribution is 2.22. The molecule has 1 amide bonds. The number of carbonyl (C=O) groups is 1. The van der Waals surface area contributed by atoms with Gasteiger partial charge in [0.25, 0.3) is 5.91 Å². The molecule has 2 aromatic rings. The van der Waals surface area contributed by atoms with Crippen LogP contribution in [0.3, 0.4) is 0 Å². The number of amides is 1. The molecule has 0 spiro atoms. The molecule has 0 saturated heterocycles. The minimum absolute atomic E-state index is 0.0196. The van der Waals surface area contributed by atoms with Gasteiger partial charge in [0, 0.05) is 28.5 Å². The lowest BCUT2D eigenvalue weighted by Crippen LogP contribution is -2.12. The molecular formula is C16H21N3OS. The second-order valence-corrected chi connectivity index (χ2v) is 6.87. The van der Waals surface area contributed by atoms with Gasteiger partial charge >= 0.3 is 0 Å². The van der Waals surface area contributed by atoms with Crippen molar-refractivity contribution in [1.29, 1.82) is 0 Å². The largest absolute Gasteiger partial charge is 0.305 e. The standard InChI is InChI=1S/C16H21N3OS/c1-16(2,3)13-9-14(19-18-13)17-15(20)12-7-5-6-11(8-12)10-21-4/h5-9H,10H2,1-4H3,(H2,17,18,19,20). The third-order valence-electron chi connectivity index (χ3n) is 3.13. The molecule has 1 heterocycles. The van der Waals surface area contributed by atoms with E-state index in [1.807, 2.05) is 36.6 Å². The molecule has 5 heteroatoms. The maximum atomic E-state index is 12.3. The van der Waals surface area contributed by atoms with E-state index in [1.165, 1.54) is 0 Å². The molecule has 0 saturated carbocycles. The van der Waals surface area contributed by atoms with Crippen molar-refractivity contribution >= 4 is 23.5 Å². The zero-order valence-corrected chi connectivity index (χ0v) is 13.7. The van der Waals surface area contributed by atoms with Crippen LogP contribution in [0, 0.1) is 0 Å². The SMILES string of the molecule is CSCc1cccc(C(=O)Nc2cc(C(C)(C)C)[nH]n2)c1. The number of aromatic nitrogens is 2. The maximum Gasteiger partial charge on any atom is 0.256 e. The van der Waals surface area contributed by atoms with Crippen molar-refractivity contribution in [3.8, 4) is 0 Å². The molecule has 0 fully saturated rings. The van der Waals surface area contributed by atoms with Crippen molar-refractivity contribution in [1.82, 2.24) is 10.2 Å². The maximum absolute atomic E-state index is 12.3. The van der Waals surface area contributed by atoms with Crippen LogP contribution in [0.15, 0.2) is 30.3 Å². The Morgan fingerprint density at radius 2 is 2.10 bits per heavy atom. The zero-order chi connectivity index (χ0) is 15.5. The summed E-state index contributed by atoms with van der Waals surface area (Å²) in [6, 6.07) is 9.55. The van der Waals surface area contributed by atoms with Gasteiger partial charge in [-0.15, -0.1) is 0 Å². The number of hydrogen-bond donors (Lipinski definition) is 2. The Bertz CT molecular complexity index is 628. The van der Waals surface area contributed by atoms with Crippen LogP contribution < -0.4 is 5.32 Å². The fraction of sp³-hybridized carbons (Fsp3) is 0.375. The number of thioether (sulfide) groups is 1. The third kappa shape index (κ3) is 4.11. The van der Waals surface area contributed by atoms with Crippen LogP contribution in [-0.4, -0.2) is 22.4 Å². The highest BCUT2D eigenvalue weighted by atomic mass is 32.2. The first-order chi connectivity index (χ1) is 9.90. The van der Waals surface area contributed by atoms with E-state index in [-0.39, 0.29) is 11.3 Å². The van der Waals surface area contributed by atoms with Crippen LogP contribution in [-0.2, 0) is 11.2 Å². The smallest absolute Gasteiger partial charge is 0.256 e. The number of H-pyrrole nitrogens is 1. The number of nitrogens with one attached hydrogen (secondary N) is 2. The van der Waals surface area contributed by atoms with Crippen molar-refractivity contribution < 1.29 is 4.79 Å². The number of hydrogen-bond acceptors (Lipinski definition) is 3. The Morgan fingerprint density at radius 3 is 2.71 bits per heavy atom. The normalized spacial score (nSPS) is 11.4. The van der Waals surface area contributed by atoms with Crippen molar-refractivity contribution in [2.45, 2.75) is 31.9 Å². The summed E-state index contributed by atoms with van der Waals surface area (Å²) < 4.78 is 0. The predicted octanol–water partition coefficient (Wildman–Crippen LogP) is 3.82. The van der Waals surface area contributed by atoms with Gasteiger partial charge in [-0.05, 0) is 24.0 Å². The first kappa shape index (κ1) is 15.6. The summed E-state index contributed by atoms with van der Waals surface area (Å²) in [7, 11) is 0. The fourth-order valence-corrected chi connectivity index (χ4v) is 2.44. The lowest BCUT2D eigenvalue weighted by atomic mass is 9.92. The molecular weight excluding hydrogens is 282 g/mol. The van der Waals surface area contributed by atoms with Gasteiger partial charge < -0.3 is 5.32 Å². The summed E-state index contributed by atoms with van der Waals surface area (Å²) in [5.74, 6) is 1.32. The first-order valence-electron chi connectivity index (χ1n) is 6.85. The number of rotatable bonds is 4. The van der Waals surface area contributed by atoms with Crippen LogP contribution in [0.5, 0.6) is 0 Å². The number of benzene rings is 1. The van der Waals surface area contributed by atoms with Gasteiger partial charge in [-0.3, -0.25) is 9.89 Å². The lowest BCUT2D eigenvalue weighted by Gasteiger charge is -2.14. The van der Waals surface area contributed by atoms with E-state index >= 15 is 0 Å². The van der Waals surface area contributed by atoms with Crippen LogP contribution in [0.2, 0.25) is 0 Å². The van der Waals surface area contributed by atoms with Gasteiger partial charge in [0.1, 0.15) is 0 Å². The monoisotopic (exact) mass is 303 g/mol. The molecule has 2 N–H and O–H groups in total. The van der Waals surface area contributed by atoms with Gasteiger partial charge in [0.15, 0.2) is 5.82 Å². The first-order valence-corrected chi connectivity index (χ1v) is 8.24. The average molecular weight is 303 g/mol. The summed E-state index contributed by atoms with van der Waals surface area (Å²) in [4.78, 5) is 12.3. The van der Waals surface area contributed by atoms with E-state index in [0.717, 1.165) is 17.0 Å². The summed E-state index contributed by atoms with van der Waals surface area (Å²) in [5.41, 5.74) is 2.78. The summed E-state index contributed by atoms with van der Waals surface area (Å²) >= 11 is 1.74. The minimum atomic E-state index is -0.134. The molecule has 2 rings (SSSR count). The highest BCUT2D eigenvalue weighted by molar-refractivity contribution is 7.97. The predicted molar refractivity (Wildman–Crippen MR) is 88.9 cm³/mol. The quantitative estimate of drug-likeness (QED) is 0.902. The molecule has 0 bridgehead atoms. The van der Waals surface area contributed by atoms with Gasteiger partial charge in [-0.2, -0.15) is 16.9 Å². The van der Waals surface area contributed by atoms with Gasteiger partial charge in [-0.25, -0.2) is 0 Å². The second kappa shape index (κ2) is 6.35. The van der Waals surface area contributed by atoms with Gasteiger partial charge in [0.05, 0.1) is 0 Å². The molecule has 4 nitrogen and oxygen atoms in total. The molecule has 0 aliphatic rings. The Labute approximate surface area is 129 Å². The van der Waals surface area contributed by atoms with E-state index in [2.05, 4.69) is 36.3 Å². The van der Waals surface area contributed by atoms with E-state index in [0.29, 0.717) is 11.4 Å². The number of anilines is 1. The molecule has 0 unspecified atom stereocenters. The fourth-order valence-electron chi connectivity index (χ4n) is 1.93. The second-order valence-electron chi connectivity index (χ2n) is 6.00. The molecule has 0 atom stereocenters. The Hall–Kier alpha value is -1.75. The Morgan fingerprint density at radius 1 is 1.33 bits per heavy atom. The zero-order valence-electron chi connectivity index (χ0n) is 12.9. The Kier molecular flexibility index (Phi) is 4.73.